The van der Waals surface area contributed by atoms with Crippen LogP contribution in [-0.2, 0) is 0 Å². The van der Waals surface area contributed by atoms with Gasteiger partial charge in [-0.25, -0.2) is 15.0 Å². The van der Waals surface area contributed by atoms with Crippen molar-refractivity contribution in [2.75, 3.05) is 18.2 Å². The number of ether oxygens (including phenoxy) is 1. The second kappa shape index (κ2) is 7.83. The van der Waals surface area contributed by atoms with Crippen molar-refractivity contribution >= 4 is 17.5 Å². The molecular weight excluding hydrogens is 389 g/mol. The van der Waals surface area contributed by atoms with E-state index in [1.54, 1.807) is 19.1 Å². The minimum atomic E-state index is -4.64. The van der Waals surface area contributed by atoms with E-state index < -0.39 is 12.2 Å². The minimum Gasteiger partial charge on any atom is -0.481 e. The zero-order valence-electron chi connectivity index (χ0n) is 15.4. The van der Waals surface area contributed by atoms with Crippen molar-refractivity contribution in [2.45, 2.75) is 19.1 Å². The predicted molar refractivity (Wildman–Crippen MR) is 99.3 cm³/mol. The highest BCUT2D eigenvalue weighted by Gasteiger charge is 2.38. The lowest BCUT2D eigenvalue weighted by Crippen LogP contribution is -2.28. The number of methoxy groups -OCH3 is 1. The fraction of sp³-hybridized carbons (Fsp3) is 0.235. The first-order valence-corrected chi connectivity index (χ1v) is 8.25. The Labute approximate surface area is 163 Å². The van der Waals surface area contributed by atoms with E-state index in [4.69, 9.17) is 16.2 Å². The molecule has 0 aliphatic heterocycles. The third kappa shape index (κ3) is 4.66. The third-order valence-electron chi connectivity index (χ3n) is 3.83. The quantitative estimate of drug-likeness (QED) is 0.583. The van der Waals surface area contributed by atoms with Gasteiger partial charge in [0.25, 0.3) is 0 Å². The average Bonchev–Trinajstić information content (AvgIpc) is 2.67. The summed E-state index contributed by atoms with van der Waals surface area (Å²) in [5.41, 5.74) is 11.4. The predicted octanol–water partition coefficient (Wildman–Crippen LogP) is 2.53. The zero-order valence-corrected chi connectivity index (χ0v) is 15.4. The number of nitrogen functional groups attached to an aromatic ring is 1. The maximum Gasteiger partial charge on any atom is 0.407 e. The lowest BCUT2D eigenvalue weighted by atomic mass is 10.1. The summed E-state index contributed by atoms with van der Waals surface area (Å²) in [4.78, 5) is 20.2. The first-order chi connectivity index (χ1) is 13.7. The number of halogens is 3. The van der Waals surface area contributed by atoms with E-state index in [1.807, 2.05) is 0 Å². The Bertz CT molecular complexity index is 990. The van der Waals surface area contributed by atoms with Crippen molar-refractivity contribution in [3.63, 3.8) is 0 Å². The van der Waals surface area contributed by atoms with Gasteiger partial charge in [-0.05, 0) is 24.6 Å². The SMILES string of the molecule is COc1ccc(Nc2ncc([C@H](N)C(F)(F)F)cc2-c2nc(C)nc(N)n2)cn1. The second-order valence-corrected chi connectivity index (χ2v) is 5.96. The summed E-state index contributed by atoms with van der Waals surface area (Å²) in [5, 5.41) is 2.97. The molecule has 0 fully saturated rings. The van der Waals surface area contributed by atoms with E-state index in [9.17, 15) is 13.2 Å². The van der Waals surface area contributed by atoms with Crippen molar-refractivity contribution < 1.29 is 17.9 Å². The van der Waals surface area contributed by atoms with Crippen LogP contribution in [0.2, 0.25) is 0 Å². The number of nitrogens with one attached hydrogen (secondary N) is 1. The molecule has 29 heavy (non-hydrogen) atoms. The van der Waals surface area contributed by atoms with Crippen LogP contribution in [0.15, 0.2) is 30.6 Å². The molecule has 0 saturated carbocycles. The van der Waals surface area contributed by atoms with Crippen LogP contribution >= 0.6 is 0 Å². The average molecular weight is 406 g/mol. The molecule has 0 spiro atoms. The van der Waals surface area contributed by atoms with Crippen LogP contribution in [-0.4, -0.2) is 38.2 Å². The molecule has 0 aliphatic rings. The van der Waals surface area contributed by atoms with Crippen LogP contribution < -0.4 is 21.5 Å². The Hall–Kier alpha value is -3.54. The van der Waals surface area contributed by atoms with Crippen LogP contribution in [0.3, 0.4) is 0 Å². The Balaban J connectivity index is 2.08. The first-order valence-electron chi connectivity index (χ1n) is 8.25. The number of nitrogens with two attached hydrogens (primary N) is 2. The van der Waals surface area contributed by atoms with Gasteiger partial charge < -0.3 is 21.5 Å². The molecule has 0 aromatic carbocycles. The van der Waals surface area contributed by atoms with Gasteiger partial charge in [-0.15, -0.1) is 0 Å². The number of hydrogen-bond donors (Lipinski definition) is 3. The number of hydrogen-bond acceptors (Lipinski definition) is 9. The number of rotatable bonds is 5. The number of anilines is 3. The summed E-state index contributed by atoms with van der Waals surface area (Å²) >= 11 is 0. The maximum absolute atomic E-state index is 13.1. The van der Waals surface area contributed by atoms with Crippen molar-refractivity contribution in [2.24, 2.45) is 5.73 Å². The van der Waals surface area contributed by atoms with Crippen LogP contribution in [0, 0.1) is 6.92 Å². The Morgan fingerprint density at radius 3 is 2.45 bits per heavy atom. The molecule has 0 aliphatic carbocycles. The van der Waals surface area contributed by atoms with Gasteiger partial charge in [0.2, 0.25) is 11.8 Å². The Morgan fingerprint density at radius 1 is 1.10 bits per heavy atom. The smallest absolute Gasteiger partial charge is 0.407 e. The molecule has 0 unspecified atom stereocenters. The van der Waals surface area contributed by atoms with Crippen molar-refractivity contribution in [3.05, 3.63) is 42.0 Å². The molecule has 0 radical (unpaired) electrons. The molecule has 0 saturated heterocycles. The van der Waals surface area contributed by atoms with Gasteiger partial charge in [-0.1, -0.05) is 0 Å². The van der Waals surface area contributed by atoms with Gasteiger partial charge in [-0.2, -0.15) is 23.1 Å². The number of aromatic nitrogens is 5. The number of alkyl halides is 3. The molecule has 3 aromatic rings. The van der Waals surface area contributed by atoms with Crippen molar-refractivity contribution in [3.8, 4) is 17.3 Å². The third-order valence-corrected chi connectivity index (χ3v) is 3.83. The lowest BCUT2D eigenvalue weighted by Gasteiger charge is -2.18. The summed E-state index contributed by atoms with van der Waals surface area (Å²) in [6, 6.07) is 2.28. The van der Waals surface area contributed by atoms with Crippen molar-refractivity contribution in [1.82, 2.24) is 24.9 Å². The maximum atomic E-state index is 13.1. The molecule has 9 nitrogen and oxygen atoms in total. The normalized spacial score (nSPS) is 12.5. The van der Waals surface area contributed by atoms with Gasteiger partial charge in [-0.3, -0.25) is 0 Å². The van der Waals surface area contributed by atoms with E-state index in [0.717, 1.165) is 6.20 Å². The van der Waals surface area contributed by atoms with E-state index in [2.05, 4.69) is 30.2 Å². The molecular formula is C17H17F3N8O. The van der Waals surface area contributed by atoms with Gasteiger partial charge in [0.15, 0.2) is 5.82 Å². The summed E-state index contributed by atoms with van der Waals surface area (Å²) in [7, 11) is 1.48. The van der Waals surface area contributed by atoms with Crippen LogP contribution in [0.4, 0.5) is 30.6 Å². The number of aryl methyl sites for hydroxylation is 1. The monoisotopic (exact) mass is 406 g/mol. The summed E-state index contributed by atoms with van der Waals surface area (Å²) in [6.07, 6.45) is -2.12. The number of nitrogens with zero attached hydrogens (tertiary/aromatic N) is 5. The fourth-order valence-corrected chi connectivity index (χ4v) is 2.44. The van der Waals surface area contributed by atoms with Crippen LogP contribution in [0.25, 0.3) is 11.4 Å². The van der Waals surface area contributed by atoms with Gasteiger partial charge in [0, 0.05) is 12.3 Å². The largest absolute Gasteiger partial charge is 0.481 e. The summed E-state index contributed by atoms with van der Waals surface area (Å²) in [6.45, 7) is 1.58. The topological polar surface area (TPSA) is 138 Å². The Morgan fingerprint density at radius 2 is 1.86 bits per heavy atom. The molecule has 3 heterocycles. The highest BCUT2D eigenvalue weighted by Crippen LogP contribution is 2.34. The van der Waals surface area contributed by atoms with Gasteiger partial charge in [0.05, 0.1) is 24.6 Å². The molecule has 3 rings (SSSR count). The van der Waals surface area contributed by atoms with Gasteiger partial charge in [0.1, 0.15) is 17.7 Å². The van der Waals surface area contributed by atoms with Crippen molar-refractivity contribution in [1.29, 1.82) is 0 Å². The van der Waals surface area contributed by atoms with E-state index in [1.165, 1.54) is 19.4 Å². The standard InChI is InChI=1S/C17H17F3N8O/c1-8-25-15(28-16(22)26-8)11-5-9(13(21)17(18,19)20)6-24-14(11)27-10-3-4-12(29-2)23-7-10/h3-7,13H,21H2,1-2H3,(H,24,27)(H2,22,25,26,28)/t13-/m0/s1. The van der Waals surface area contributed by atoms with E-state index in [-0.39, 0.29) is 28.7 Å². The molecule has 1 atom stereocenters. The fourth-order valence-electron chi connectivity index (χ4n) is 2.44. The van der Waals surface area contributed by atoms with E-state index >= 15 is 0 Å². The lowest BCUT2D eigenvalue weighted by molar-refractivity contribution is -0.149. The molecule has 3 aromatic heterocycles. The number of pyridine rings is 2. The first kappa shape index (κ1) is 20.2. The van der Waals surface area contributed by atoms with Crippen LogP contribution in [0.5, 0.6) is 5.88 Å². The molecule has 0 amide bonds. The Kier molecular flexibility index (Phi) is 5.46. The molecule has 12 heteroatoms. The second-order valence-electron chi connectivity index (χ2n) is 5.96. The minimum absolute atomic E-state index is 0.0581. The summed E-state index contributed by atoms with van der Waals surface area (Å²) in [5.74, 6) is 0.879. The van der Waals surface area contributed by atoms with E-state index in [0.29, 0.717) is 17.4 Å². The zero-order chi connectivity index (χ0) is 21.2. The summed E-state index contributed by atoms with van der Waals surface area (Å²) < 4.78 is 44.2. The highest BCUT2D eigenvalue weighted by molar-refractivity contribution is 5.75. The molecule has 5 N–H and O–H groups in total. The molecule has 152 valence electrons. The molecule has 0 bridgehead atoms. The van der Waals surface area contributed by atoms with Gasteiger partial charge >= 0.3 is 6.18 Å². The highest BCUT2D eigenvalue weighted by atomic mass is 19.4. The van der Waals surface area contributed by atoms with Crippen LogP contribution in [0.1, 0.15) is 17.4 Å².